The summed E-state index contributed by atoms with van der Waals surface area (Å²) in [6, 6.07) is 20.6. The summed E-state index contributed by atoms with van der Waals surface area (Å²) in [5.41, 5.74) is 7.85. The summed E-state index contributed by atoms with van der Waals surface area (Å²) < 4.78 is 5.50. The average molecular weight is 463 g/mol. The van der Waals surface area contributed by atoms with Crippen LogP contribution in [-0.2, 0) is 29.2 Å². The average Bonchev–Trinajstić information content (AvgIpc) is 3.35. The van der Waals surface area contributed by atoms with E-state index < -0.39 is 5.91 Å². The molecule has 0 spiro atoms. The van der Waals surface area contributed by atoms with E-state index in [2.05, 4.69) is 5.32 Å². The van der Waals surface area contributed by atoms with Crippen molar-refractivity contribution in [3.8, 4) is 0 Å². The number of hydrogen-bond donors (Lipinski definition) is 2. The third kappa shape index (κ3) is 7.60. The highest BCUT2D eigenvalue weighted by molar-refractivity contribution is 5.93. The highest BCUT2D eigenvalue weighted by Gasteiger charge is 2.20. The van der Waals surface area contributed by atoms with Crippen LogP contribution in [-0.4, -0.2) is 47.7 Å². The summed E-state index contributed by atoms with van der Waals surface area (Å²) in [5.74, 6) is 0.0230. The second-order valence-electron chi connectivity index (χ2n) is 8.02. The summed E-state index contributed by atoms with van der Waals surface area (Å²) in [6.45, 7) is 1.69. The normalized spacial score (nSPS) is 10.8. The molecule has 0 aliphatic carbocycles. The van der Waals surface area contributed by atoms with Crippen molar-refractivity contribution in [2.75, 3.05) is 20.1 Å². The summed E-state index contributed by atoms with van der Waals surface area (Å²) in [4.78, 5) is 40.2. The molecule has 8 nitrogen and oxygen atoms in total. The van der Waals surface area contributed by atoms with E-state index in [1.807, 2.05) is 59.5 Å². The lowest BCUT2D eigenvalue weighted by molar-refractivity contribution is -0.133. The zero-order valence-electron chi connectivity index (χ0n) is 19.3. The number of nitrogens with two attached hydrogens (primary N) is 1. The van der Waals surface area contributed by atoms with Crippen LogP contribution >= 0.6 is 0 Å². The lowest BCUT2D eigenvalue weighted by atomic mass is 10.1. The fraction of sp³-hybridized carbons (Fsp3) is 0.269. The molecular formula is C26H30N4O4. The maximum absolute atomic E-state index is 13.3. The molecule has 0 radical (unpaired) electrons. The van der Waals surface area contributed by atoms with Gasteiger partial charge in [0.15, 0.2) is 0 Å². The van der Waals surface area contributed by atoms with Gasteiger partial charge in [0.05, 0.1) is 19.4 Å². The lowest BCUT2D eigenvalue weighted by Gasteiger charge is -2.27. The first-order chi connectivity index (χ1) is 16.4. The van der Waals surface area contributed by atoms with Crippen LogP contribution in [0.1, 0.15) is 33.7 Å². The van der Waals surface area contributed by atoms with Crippen LogP contribution in [0.3, 0.4) is 0 Å². The van der Waals surface area contributed by atoms with Crippen molar-refractivity contribution in [1.29, 1.82) is 0 Å². The first kappa shape index (κ1) is 24.7. The molecule has 178 valence electrons. The Morgan fingerprint density at radius 2 is 1.59 bits per heavy atom. The molecule has 3 N–H and O–H groups in total. The number of carbonyl (C=O) groups is 3. The number of amides is 3. The van der Waals surface area contributed by atoms with Crippen molar-refractivity contribution in [2.45, 2.75) is 26.1 Å². The third-order valence-corrected chi connectivity index (χ3v) is 5.36. The van der Waals surface area contributed by atoms with Crippen LogP contribution in [0.15, 0.2) is 77.4 Å². The van der Waals surface area contributed by atoms with Crippen LogP contribution in [0.2, 0.25) is 0 Å². The van der Waals surface area contributed by atoms with Crippen molar-refractivity contribution < 1.29 is 18.8 Å². The van der Waals surface area contributed by atoms with E-state index >= 15 is 0 Å². The number of furan rings is 1. The molecule has 3 aromatic rings. The Hall–Kier alpha value is -3.91. The molecule has 0 aliphatic heterocycles. The number of nitrogens with zero attached hydrogens (tertiary/aromatic N) is 2. The van der Waals surface area contributed by atoms with Gasteiger partial charge in [0.2, 0.25) is 11.8 Å². The Labute approximate surface area is 199 Å². The van der Waals surface area contributed by atoms with Gasteiger partial charge in [0.25, 0.3) is 5.91 Å². The van der Waals surface area contributed by atoms with Crippen molar-refractivity contribution in [1.82, 2.24) is 15.1 Å². The summed E-state index contributed by atoms with van der Waals surface area (Å²) in [7, 11) is 1.59. The first-order valence-corrected chi connectivity index (χ1v) is 11.1. The quantitative estimate of drug-likeness (QED) is 0.430. The highest BCUT2D eigenvalue weighted by atomic mass is 16.3. The monoisotopic (exact) mass is 462 g/mol. The van der Waals surface area contributed by atoms with Crippen molar-refractivity contribution in [2.24, 2.45) is 5.73 Å². The molecule has 0 saturated carbocycles. The number of rotatable bonds is 12. The van der Waals surface area contributed by atoms with Crippen LogP contribution in [0.5, 0.6) is 0 Å². The van der Waals surface area contributed by atoms with Gasteiger partial charge < -0.3 is 20.4 Å². The minimum absolute atomic E-state index is 0.0950. The zero-order valence-corrected chi connectivity index (χ0v) is 19.3. The number of primary amides is 1. The van der Waals surface area contributed by atoms with Gasteiger partial charge in [-0.25, -0.2) is 0 Å². The van der Waals surface area contributed by atoms with E-state index in [4.69, 9.17) is 10.2 Å². The standard InChI is InChI=1S/C26H30N4O4/c1-28-26(33)22-11-9-21(10-12-22)16-29(18-23-8-5-15-34-23)19-25(32)30(14-13-24(27)31)17-20-6-3-2-4-7-20/h2-12,15H,13-14,16-19H2,1H3,(H2,27,31)(H,28,33). The van der Waals surface area contributed by atoms with Gasteiger partial charge >= 0.3 is 0 Å². The van der Waals surface area contributed by atoms with E-state index in [0.29, 0.717) is 25.2 Å². The zero-order chi connectivity index (χ0) is 24.3. The van der Waals surface area contributed by atoms with Gasteiger partial charge in [-0.3, -0.25) is 19.3 Å². The van der Waals surface area contributed by atoms with Crippen LogP contribution in [0, 0.1) is 0 Å². The highest BCUT2D eigenvalue weighted by Crippen LogP contribution is 2.14. The molecule has 3 amide bonds. The molecule has 0 aliphatic rings. The molecule has 0 fully saturated rings. The number of hydrogen-bond acceptors (Lipinski definition) is 5. The second-order valence-corrected chi connectivity index (χ2v) is 8.02. The van der Waals surface area contributed by atoms with Gasteiger partial charge in [0.1, 0.15) is 5.76 Å². The summed E-state index contributed by atoms with van der Waals surface area (Å²) >= 11 is 0. The predicted octanol–water partition coefficient (Wildman–Crippen LogP) is 2.55. The molecule has 8 heteroatoms. The molecule has 0 unspecified atom stereocenters. The van der Waals surface area contributed by atoms with E-state index in [9.17, 15) is 14.4 Å². The maximum Gasteiger partial charge on any atom is 0.251 e. The van der Waals surface area contributed by atoms with Crippen molar-refractivity contribution in [3.63, 3.8) is 0 Å². The minimum atomic E-state index is -0.450. The van der Waals surface area contributed by atoms with Crippen LogP contribution in [0.25, 0.3) is 0 Å². The Kier molecular flexibility index (Phi) is 8.99. The fourth-order valence-electron chi connectivity index (χ4n) is 3.59. The fourth-order valence-corrected chi connectivity index (χ4v) is 3.59. The van der Waals surface area contributed by atoms with Crippen LogP contribution < -0.4 is 11.1 Å². The molecule has 0 saturated heterocycles. The van der Waals surface area contributed by atoms with Gasteiger partial charge in [-0.1, -0.05) is 42.5 Å². The number of carbonyl (C=O) groups excluding carboxylic acids is 3. The predicted molar refractivity (Wildman–Crippen MR) is 128 cm³/mol. The Balaban J connectivity index is 1.74. The SMILES string of the molecule is CNC(=O)c1ccc(CN(CC(=O)N(CCC(N)=O)Cc2ccccc2)Cc2ccco2)cc1. The Bertz CT molecular complexity index is 1070. The molecule has 34 heavy (non-hydrogen) atoms. The summed E-state index contributed by atoms with van der Waals surface area (Å²) in [6.07, 6.45) is 1.69. The molecule has 3 rings (SSSR count). The van der Waals surface area contributed by atoms with Crippen molar-refractivity contribution >= 4 is 17.7 Å². The van der Waals surface area contributed by atoms with Gasteiger partial charge in [0, 0.05) is 38.7 Å². The number of benzene rings is 2. The smallest absolute Gasteiger partial charge is 0.251 e. The molecule has 0 bridgehead atoms. The first-order valence-electron chi connectivity index (χ1n) is 11.1. The van der Waals surface area contributed by atoms with Crippen molar-refractivity contribution in [3.05, 3.63) is 95.4 Å². The lowest BCUT2D eigenvalue weighted by Crippen LogP contribution is -2.41. The molecule has 1 heterocycles. The summed E-state index contributed by atoms with van der Waals surface area (Å²) in [5, 5.41) is 2.60. The molecular weight excluding hydrogens is 432 g/mol. The minimum Gasteiger partial charge on any atom is -0.468 e. The third-order valence-electron chi connectivity index (χ3n) is 5.36. The maximum atomic E-state index is 13.3. The Morgan fingerprint density at radius 3 is 2.21 bits per heavy atom. The second kappa shape index (κ2) is 12.4. The largest absolute Gasteiger partial charge is 0.468 e. The molecule has 1 aromatic heterocycles. The van der Waals surface area contributed by atoms with E-state index in [0.717, 1.165) is 16.9 Å². The van der Waals surface area contributed by atoms with Gasteiger partial charge in [-0.05, 0) is 35.4 Å². The Morgan fingerprint density at radius 1 is 0.882 bits per heavy atom. The van der Waals surface area contributed by atoms with E-state index in [1.165, 1.54) is 0 Å². The topological polar surface area (TPSA) is 109 Å². The number of nitrogens with one attached hydrogen (secondary N) is 1. The van der Waals surface area contributed by atoms with Crippen LogP contribution in [0.4, 0.5) is 0 Å². The molecule has 2 aromatic carbocycles. The van der Waals surface area contributed by atoms with E-state index in [-0.39, 0.29) is 31.3 Å². The van der Waals surface area contributed by atoms with E-state index in [1.54, 1.807) is 30.3 Å². The van der Waals surface area contributed by atoms with Gasteiger partial charge in [-0.15, -0.1) is 0 Å². The molecule has 0 atom stereocenters. The van der Waals surface area contributed by atoms with Gasteiger partial charge in [-0.2, -0.15) is 0 Å².